The van der Waals surface area contributed by atoms with Crippen molar-refractivity contribution < 1.29 is 4.79 Å². The molecule has 5 heterocycles. The minimum Gasteiger partial charge on any atom is -0.333 e. The summed E-state index contributed by atoms with van der Waals surface area (Å²) in [5.41, 5.74) is 4.58. The van der Waals surface area contributed by atoms with E-state index in [1.807, 2.05) is 40.4 Å². The fraction of sp³-hybridized carbons (Fsp3) is 0.333. The van der Waals surface area contributed by atoms with E-state index in [-0.39, 0.29) is 5.91 Å². The number of hydrogen-bond acceptors (Lipinski definition) is 4. The van der Waals surface area contributed by atoms with Gasteiger partial charge in [0.2, 0.25) is 0 Å². The Labute approximate surface area is 179 Å². The number of amides is 1. The van der Waals surface area contributed by atoms with Crippen molar-refractivity contribution in [3.63, 3.8) is 0 Å². The summed E-state index contributed by atoms with van der Waals surface area (Å²) >= 11 is 0. The molecule has 2 aliphatic rings. The maximum atomic E-state index is 13.3. The van der Waals surface area contributed by atoms with Crippen molar-refractivity contribution in [3.05, 3.63) is 53.9 Å². The molecule has 0 spiro atoms. The fourth-order valence-corrected chi connectivity index (χ4v) is 5.40. The Morgan fingerprint density at radius 1 is 1.13 bits per heavy atom. The average molecular weight is 410 g/mol. The van der Waals surface area contributed by atoms with E-state index < -0.39 is 0 Å². The number of carbonyl (C=O) groups excluding carboxylic acids is 1. The molecule has 2 saturated heterocycles. The van der Waals surface area contributed by atoms with Gasteiger partial charge in [0.1, 0.15) is 17.4 Å². The largest absolute Gasteiger partial charge is 0.333 e. The highest BCUT2D eigenvalue weighted by Crippen LogP contribution is 2.37. The molecule has 0 aliphatic carbocycles. The number of imidazole rings is 1. The summed E-state index contributed by atoms with van der Waals surface area (Å²) < 4.78 is 3.71. The first-order chi connectivity index (χ1) is 15.1. The summed E-state index contributed by atoms with van der Waals surface area (Å²) in [6.07, 6.45) is 9.31. The Hall–Kier alpha value is -3.66. The molecule has 7 nitrogen and oxygen atoms in total. The van der Waals surface area contributed by atoms with Crippen LogP contribution in [-0.4, -0.2) is 42.1 Å². The number of fused-ring (bicyclic) bond motifs is 4. The van der Waals surface area contributed by atoms with Crippen LogP contribution in [0.1, 0.15) is 48.0 Å². The van der Waals surface area contributed by atoms with Gasteiger partial charge >= 0.3 is 0 Å². The van der Waals surface area contributed by atoms with Crippen molar-refractivity contribution in [3.8, 4) is 17.5 Å². The number of nitriles is 1. The lowest BCUT2D eigenvalue weighted by Crippen LogP contribution is -2.43. The molecule has 2 aliphatic heterocycles. The molecule has 1 amide bonds. The maximum Gasteiger partial charge on any atom is 0.254 e. The number of carbonyl (C=O) groups is 1. The van der Waals surface area contributed by atoms with Gasteiger partial charge in [-0.2, -0.15) is 10.4 Å². The molecule has 1 aromatic carbocycles. The zero-order valence-corrected chi connectivity index (χ0v) is 17.3. The van der Waals surface area contributed by atoms with Crippen LogP contribution in [0.5, 0.6) is 0 Å². The molecule has 154 valence electrons. The highest BCUT2D eigenvalue weighted by Gasteiger charge is 2.39. The maximum absolute atomic E-state index is 13.3. The normalized spacial score (nSPS) is 20.5. The van der Waals surface area contributed by atoms with Crippen molar-refractivity contribution in [1.29, 1.82) is 5.26 Å². The van der Waals surface area contributed by atoms with Gasteiger partial charge in [-0.15, -0.1) is 0 Å². The van der Waals surface area contributed by atoms with Gasteiger partial charge in [-0.3, -0.25) is 13.9 Å². The standard InChI is InChI=1S/C24H22N6O/c1-28-20-11-16(24(31)30-17-3-2-4-18(30)8-7-17)6-9-19(20)23(27-28)21-13-26-22-10-5-15(12-25)14-29(21)22/h5-6,9-11,13-14,17-18H,2-4,7-8H2,1H3. The van der Waals surface area contributed by atoms with E-state index in [4.69, 9.17) is 5.10 Å². The van der Waals surface area contributed by atoms with Gasteiger partial charge in [-0.25, -0.2) is 4.98 Å². The third-order valence-electron chi connectivity index (χ3n) is 6.90. The molecule has 0 saturated carbocycles. The van der Waals surface area contributed by atoms with E-state index in [9.17, 15) is 10.1 Å². The Bertz CT molecular complexity index is 1370. The minimum atomic E-state index is 0.144. The predicted molar refractivity (Wildman–Crippen MR) is 116 cm³/mol. The summed E-state index contributed by atoms with van der Waals surface area (Å²) in [5.74, 6) is 0.144. The van der Waals surface area contributed by atoms with Gasteiger partial charge < -0.3 is 4.90 Å². The van der Waals surface area contributed by atoms with Gasteiger partial charge in [0.25, 0.3) is 5.91 Å². The van der Waals surface area contributed by atoms with E-state index >= 15 is 0 Å². The van der Waals surface area contributed by atoms with E-state index in [0.29, 0.717) is 17.6 Å². The lowest BCUT2D eigenvalue weighted by Gasteiger charge is -2.34. The second-order valence-corrected chi connectivity index (χ2v) is 8.63. The quantitative estimate of drug-likeness (QED) is 0.502. The molecule has 3 aromatic heterocycles. The molecule has 0 N–H and O–H groups in total. The van der Waals surface area contributed by atoms with Gasteiger partial charge in [-0.1, -0.05) is 0 Å². The molecule has 2 bridgehead atoms. The number of aryl methyl sites for hydroxylation is 1. The Morgan fingerprint density at radius 3 is 2.71 bits per heavy atom. The van der Waals surface area contributed by atoms with Crippen LogP contribution in [0.25, 0.3) is 27.9 Å². The molecule has 2 unspecified atom stereocenters. The first kappa shape index (κ1) is 18.1. The van der Waals surface area contributed by atoms with E-state index in [1.54, 1.807) is 18.5 Å². The van der Waals surface area contributed by atoms with Crippen LogP contribution in [0.4, 0.5) is 0 Å². The summed E-state index contributed by atoms with van der Waals surface area (Å²) in [4.78, 5) is 19.9. The van der Waals surface area contributed by atoms with Gasteiger partial charge in [0, 0.05) is 36.3 Å². The van der Waals surface area contributed by atoms with E-state index in [1.165, 1.54) is 6.42 Å². The van der Waals surface area contributed by atoms with Crippen LogP contribution in [0.2, 0.25) is 0 Å². The number of rotatable bonds is 2. The van der Waals surface area contributed by atoms with Crippen LogP contribution < -0.4 is 0 Å². The van der Waals surface area contributed by atoms with Crippen LogP contribution in [0, 0.1) is 11.3 Å². The van der Waals surface area contributed by atoms with Crippen molar-refractivity contribution in [2.24, 2.45) is 7.05 Å². The smallest absolute Gasteiger partial charge is 0.254 e. The van der Waals surface area contributed by atoms with E-state index in [2.05, 4.69) is 16.0 Å². The molecule has 4 aromatic rings. The zero-order valence-electron chi connectivity index (χ0n) is 17.3. The average Bonchev–Trinajstić information content (AvgIpc) is 3.43. The van der Waals surface area contributed by atoms with Gasteiger partial charge in [-0.05, 0) is 62.4 Å². The number of piperidine rings is 1. The number of aromatic nitrogens is 4. The number of pyridine rings is 1. The van der Waals surface area contributed by atoms with Crippen LogP contribution >= 0.6 is 0 Å². The molecule has 0 radical (unpaired) electrons. The van der Waals surface area contributed by atoms with Gasteiger partial charge in [0.05, 0.1) is 23.0 Å². The number of hydrogen-bond donors (Lipinski definition) is 0. The Balaban J connectivity index is 1.44. The molecule has 31 heavy (non-hydrogen) atoms. The van der Waals surface area contributed by atoms with Crippen molar-refractivity contribution in [2.45, 2.75) is 44.2 Å². The second kappa shape index (κ2) is 6.67. The van der Waals surface area contributed by atoms with Crippen molar-refractivity contribution in [2.75, 3.05) is 0 Å². The van der Waals surface area contributed by atoms with E-state index in [0.717, 1.165) is 59.2 Å². The molecule has 6 rings (SSSR count). The second-order valence-electron chi connectivity index (χ2n) is 8.63. The molecule has 2 fully saturated rings. The van der Waals surface area contributed by atoms with Crippen molar-refractivity contribution >= 4 is 22.5 Å². The first-order valence-corrected chi connectivity index (χ1v) is 10.8. The number of benzene rings is 1. The molecular weight excluding hydrogens is 388 g/mol. The summed E-state index contributed by atoms with van der Waals surface area (Å²) in [7, 11) is 1.90. The predicted octanol–water partition coefficient (Wildman–Crippen LogP) is 3.92. The third kappa shape index (κ3) is 2.68. The summed E-state index contributed by atoms with van der Waals surface area (Å²) in [6, 6.07) is 12.4. The molecule has 7 heteroatoms. The van der Waals surface area contributed by atoms with Crippen LogP contribution in [0.3, 0.4) is 0 Å². The summed E-state index contributed by atoms with van der Waals surface area (Å²) in [5, 5.41) is 15.0. The lowest BCUT2D eigenvalue weighted by molar-refractivity contribution is 0.0595. The lowest BCUT2D eigenvalue weighted by atomic mass is 10.0. The highest BCUT2D eigenvalue weighted by molar-refractivity contribution is 6.01. The topological polar surface area (TPSA) is 79.2 Å². The van der Waals surface area contributed by atoms with Crippen LogP contribution in [0.15, 0.2) is 42.7 Å². The Morgan fingerprint density at radius 2 is 1.94 bits per heavy atom. The first-order valence-electron chi connectivity index (χ1n) is 10.8. The highest BCUT2D eigenvalue weighted by atomic mass is 16.2. The third-order valence-corrected chi connectivity index (χ3v) is 6.90. The summed E-state index contributed by atoms with van der Waals surface area (Å²) in [6.45, 7) is 0. The Kier molecular flexibility index (Phi) is 3.90. The van der Waals surface area contributed by atoms with Gasteiger partial charge in [0.15, 0.2) is 0 Å². The molecule has 2 atom stereocenters. The van der Waals surface area contributed by atoms with Crippen LogP contribution in [-0.2, 0) is 7.05 Å². The van der Waals surface area contributed by atoms with Crippen molar-refractivity contribution in [1.82, 2.24) is 24.1 Å². The zero-order chi connectivity index (χ0) is 21.1. The SMILES string of the molecule is Cn1nc(-c2cnc3ccc(C#N)cn23)c2ccc(C(=O)N3C4CCCC3CC4)cc21. The molecular formula is C24H22N6O. The fourth-order valence-electron chi connectivity index (χ4n) is 5.40. The monoisotopic (exact) mass is 410 g/mol. The number of nitrogens with zero attached hydrogens (tertiary/aromatic N) is 6. The minimum absolute atomic E-state index is 0.144.